The Kier molecular flexibility index (Phi) is 2.11. The molecule has 0 unspecified atom stereocenters. The number of thiophene rings is 1. The van der Waals surface area contributed by atoms with E-state index in [1.165, 1.54) is 0 Å². The molecular formula is C13H8O2S. The number of ether oxygens (including phenoxy) is 1. The Morgan fingerprint density at radius 1 is 1.19 bits per heavy atom. The van der Waals surface area contributed by atoms with E-state index in [1.807, 2.05) is 35.0 Å². The molecule has 0 aliphatic carbocycles. The van der Waals surface area contributed by atoms with Crippen LogP contribution in [-0.2, 0) is 0 Å². The van der Waals surface area contributed by atoms with Crippen LogP contribution in [0, 0.1) is 0 Å². The maximum absolute atomic E-state index is 11.9. The Balaban J connectivity index is 2.02. The summed E-state index contributed by atoms with van der Waals surface area (Å²) in [5.41, 5.74) is 1.64. The van der Waals surface area contributed by atoms with E-state index in [0.717, 1.165) is 5.56 Å². The second-order valence-electron chi connectivity index (χ2n) is 3.49. The van der Waals surface area contributed by atoms with Crippen molar-refractivity contribution in [3.8, 4) is 5.75 Å². The quantitative estimate of drug-likeness (QED) is 0.699. The number of fused-ring (bicyclic) bond motifs is 1. The maximum atomic E-state index is 11.9. The standard InChI is InChI=1S/C13H8O2S/c14-13-10-3-1-2-4-11(10)15-12(13)7-9-5-6-16-8-9/h1-8H/b12-7-. The SMILES string of the molecule is O=C1/C(=C/c2ccsc2)Oc2ccccc21. The fourth-order valence-corrected chi connectivity index (χ4v) is 2.26. The number of para-hydroxylation sites is 1. The molecule has 0 radical (unpaired) electrons. The van der Waals surface area contributed by atoms with Crippen LogP contribution in [0.4, 0.5) is 0 Å². The molecule has 2 heterocycles. The molecule has 1 aliphatic rings. The van der Waals surface area contributed by atoms with Crippen LogP contribution in [-0.4, -0.2) is 5.78 Å². The first-order valence-corrected chi connectivity index (χ1v) is 5.84. The average molecular weight is 228 g/mol. The van der Waals surface area contributed by atoms with Crippen molar-refractivity contribution in [1.82, 2.24) is 0 Å². The monoisotopic (exact) mass is 228 g/mol. The Morgan fingerprint density at radius 2 is 2.06 bits per heavy atom. The van der Waals surface area contributed by atoms with E-state index in [2.05, 4.69) is 0 Å². The molecule has 78 valence electrons. The average Bonchev–Trinajstić information content (AvgIpc) is 2.90. The maximum Gasteiger partial charge on any atom is 0.231 e. The third-order valence-corrected chi connectivity index (χ3v) is 3.12. The number of rotatable bonds is 1. The number of hydrogen-bond acceptors (Lipinski definition) is 3. The van der Waals surface area contributed by atoms with Gasteiger partial charge in [0.05, 0.1) is 5.56 Å². The molecule has 0 atom stereocenters. The van der Waals surface area contributed by atoms with Gasteiger partial charge in [0.25, 0.3) is 0 Å². The van der Waals surface area contributed by atoms with Crippen LogP contribution in [0.25, 0.3) is 6.08 Å². The van der Waals surface area contributed by atoms with Crippen molar-refractivity contribution >= 4 is 23.2 Å². The molecule has 2 nitrogen and oxygen atoms in total. The summed E-state index contributed by atoms with van der Waals surface area (Å²) in [6, 6.07) is 9.25. The fourth-order valence-electron chi connectivity index (χ4n) is 1.64. The third kappa shape index (κ3) is 1.46. The molecule has 3 rings (SSSR count). The Hall–Kier alpha value is -1.87. The lowest BCUT2D eigenvalue weighted by atomic mass is 10.1. The van der Waals surface area contributed by atoms with Gasteiger partial charge in [0.2, 0.25) is 5.78 Å². The van der Waals surface area contributed by atoms with E-state index in [0.29, 0.717) is 17.1 Å². The minimum Gasteiger partial charge on any atom is -0.452 e. The van der Waals surface area contributed by atoms with Crippen molar-refractivity contribution in [3.05, 3.63) is 58.0 Å². The smallest absolute Gasteiger partial charge is 0.231 e. The number of ketones is 1. The van der Waals surface area contributed by atoms with Crippen LogP contribution in [0.5, 0.6) is 5.75 Å². The highest BCUT2D eigenvalue weighted by molar-refractivity contribution is 7.08. The minimum atomic E-state index is -0.0400. The van der Waals surface area contributed by atoms with E-state index in [9.17, 15) is 4.79 Å². The van der Waals surface area contributed by atoms with E-state index in [-0.39, 0.29) is 5.78 Å². The van der Waals surface area contributed by atoms with Crippen molar-refractivity contribution in [2.75, 3.05) is 0 Å². The van der Waals surface area contributed by atoms with Gasteiger partial charge in [0.15, 0.2) is 5.76 Å². The van der Waals surface area contributed by atoms with Crippen LogP contribution in [0.1, 0.15) is 15.9 Å². The number of benzene rings is 1. The van der Waals surface area contributed by atoms with Crippen LogP contribution in [0.15, 0.2) is 46.9 Å². The van der Waals surface area contributed by atoms with Crippen LogP contribution < -0.4 is 4.74 Å². The zero-order valence-corrected chi connectivity index (χ0v) is 9.16. The normalized spacial score (nSPS) is 16.2. The first-order chi connectivity index (χ1) is 7.84. The summed E-state index contributed by atoms with van der Waals surface area (Å²) in [6.45, 7) is 0. The lowest BCUT2D eigenvalue weighted by Crippen LogP contribution is -1.97. The summed E-state index contributed by atoms with van der Waals surface area (Å²) >= 11 is 1.60. The predicted molar refractivity (Wildman–Crippen MR) is 63.7 cm³/mol. The lowest BCUT2D eigenvalue weighted by molar-refractivity contribution is 0.101. The van der Waals surface area contributed by atoms with Crippen molar-refractivity contribution < 1.29 is 9.53 Å². The van der Waals surface area contributed by atoms with Crippen LogP contribution in [0.3, 0.4) is 0 Å². The second-order valence-corrected chi connectivity index (χ2v) is 4.27. The van der Waals surface area contributed by atoms with Gasteiger partial charge in [-0.3, -0.25) is 4.79 Å². The number of allylic oxidation sites excluding steroid dienone is 1. The summed E-state index contributed by atoms with van der Waals surface area (Å²) in [7, 11) is 0. The molecule has 2 aromatic rings. The van der Waals surface area contributed by atoms with Gasteiger partial charge in [0, 0.05) is 0 Å². The summed E-state index contributed by atoms with van der Waals surface area (Å²) in [5.74, 6) is 1.01. The zero-order chi connectivity index (χ0) is 11.0. The number of Topliss-reactive ketones (excluding diaryl/α,β-unsaturated/α-hetero) is 1. The molecule has 1 aromatic carbocycles. The van der Waals surface area contributed by atoms with Gasteiger partial charge in [-0.25, -0.2) is 0 Å². The summed E-state index contributed by atoms with van der Waals surface area (Å²) in [4.78, 5) is 11.9. The molecule has 0 bridgehead atoms. The van der Waals surface area contributed by atoms with Gasteiger partial charge >= 0.3 is 0 Å². The Bertz CT molecular complexity index is 567. The predicted octanol–water partition coefficient (Wildman–Crippen LogP) is 3.36. The molecule has 16 heavy (non-hydrogen) atoms. The zero-order valence-electron chi connectivity index (χ0n) is 8.34. The highest BCUT2D eigenvalue weighted by Crippen LogP contribution is 2.31. The molecule has 0 amide bonds. The molecular weight excluding hydrogens is 220 g/mol. The molecule has 0 fully saturated rings. The van der Waals surface area contributed by atoms with Crippen molar-refractivity contribution in [2.45, 2.75) is 0 Å². The minimum absolute atomic E-state index is 0.0400. The Morgan fingerprint density at radius 3 is 2.81 bits per heavy atom. The van der Waals surface area contributed by atoms with Gasteiger partial charge < -0.3 is 4.74 Å². The highest BCUT2D eigenvalue weighted by atomic mass is 32.1. The van der Waals surface area contributed by atoms with Gasteiger partial charge in [-0.15, -0.1) is 0 Å². The van der Waals surface area contributed by atoms with Crippen LogP contribution >= 0.6 is 11.3 Å². The fraction of sp³-hybridized carbons (Fsp3) is 0. The van der Waals surface area contributed by atoms with Crippen molar-refractivity contribution in [1.29, 1.82) is 0 Å². The largest absolute Gasteiger partial charge is 0.452 e. The summed E-state index contributed by atoms with van der Waals surface area (Å²) in [5, 5.41) is 3.95. The van der Waals surface area contributed by atoms with E-state index in [1.54, 1.807) is 23.5 Å². The first kappa shape index (κ1) is 9.36. The van der Waals surface area contributed by atoms with Gasteiger partial charge in [0.1, 0.15) is 5.75 Å². The van der Waals surface area contributed by atoms with E-state index in [4.69, 9.17) is 4.74 Å². The molecule has 0 saturated carbocycles. The van der Waals surface area contributed by atoms with Crippen molar-refractivity contribution in [2.24, 2.45) is 0 Å². The lowest BCUT2D eigenvalue weighted by Gasteiger charge is -1.95. The molecule has 0 spiro atoms. The molecule has 1 aromatic heterocycles. The van der Waals surface area contributed by atoms with Gasteiger partial charge in [-0.05, 0) is 40.6 Å². The summed E-state index contributed by atoms with van der Waals surface area (Å²) in [6.07, 6.45) is 1.78. The second kappa shape index (κ2) is 3.61. The highest BCUT2D eigenvalue weighted by Gasteiger charge is 2.26. The molecule has 1 aliphatic heterocycles. The molecule has 0 N–H and O–H groups in total. The van der Waals surface area contributed by atoms with Crippen LogP contribution in [0.2, 0.25) is 0 Å². The molecule has 0 saturated heterocycles. The van der Waals surface area contributed by atoms with Gasteiger partial charge in [-0.2, -0.15) is 11.3 Å². The topological polar surface area (TPSA) is 26.3 Å². The summed E-state index contributed by atoms with van der Waals surface area (Å²) < 4.78 is 5.51. The molecule has 3 heteroatoms. The van der Waals surface area contributed by atoms with E-state index < -0.39 is 0 Å². The first-order valence-electron chi connectivity index (χ1n) is 4.90. The number of carbonyl (C=O) groups is 1. The van der Waals surface area contributed by atoms with Crippen molar-refractivity contribution in [3.63, 3.8) is 0 Å². The number of hydrogen-bond donors (Lipinski definition) is 0. The van der Waals surface area contributed by atoms with E-state index >= 15 is 0 Å². The third-order valence-electron chi connectivity index (χ3n) is 2.42. The Labute approximate surface area is 96.8 Å². The number of carbonyl (C=O) groups excluding carboxylic acids is 1. The van der Waals surface area contributed by atoms with Gasteiger partial charge in [-0.1, -0.05) is 12.1 Å².